The third kappa shape index (κ3) is 1.92. The molecule has 2 aromatic rings. The van der Waals surface area contributed by atoms with E-state index in [1.54, 1.807) is 0 Å². The average Bonchev–Trinajstić information content (AvgIpc) is 2.83. The third-order valence-corrected chi connectivity index (χ3v) is 4.39. The Bertz CT molecular complexity index is 669. The first-order valence-electron chi connectivity index (χ1n) is 7.44. The second kappa shape index (κ2) is 4.97. The molecule has 1 aliphatic heterocycles. The molecular weight excluding hydrogens is 250 g/mol. The number of fused-ring (bicyclic) bond motifs is 3. The van der Waals surface area contributed by atoms with E-state index in [2.05, 4.69) is 17.1 Å². The van der Waals surface area contributed by atoms with Gasteiger partial charge in [0.1, 0.15) is 5.75 Å². The van der Waals surface area contributed by atoms with Crippen molar-refractivity contribution in [2.45, 2.75) is 40.0 Å². The lowest BCUT2D eigenvalue weighted by molar-refractivity contribution is 0.0922. The first kappa shape index (κ1) is 13.2. The molecule has 3 nitrogen and oxygen atoms in total. The number of nitrogens with one attached hydrogen (secondary N) is 1. The number of aromatic nitrogens is 1. The van der Waals surface area contributed by atoms with Crippen molar-refractivity contribution in [1.29, 1.82) is 0 Å². The van der Waals surface area contributed by atoms with Crippen molar-refractivity contribution in [2.24, 2.45) is 5.92 Å². The molecule has 3 rings (SSSR count). The predicted molar refractivity (Wildman–Crippen MR) is 80.6 cm³/mol. The van der Waals surface area contributed by atoms with Crippen LogP contribution in [0.25, 0.3) is 10.9 Å². The quantitative estimate of drug-likeness (QED) is 0.856. The molecule has 1 atom stereocenters. The highest BCUT2D eigenvalue weighted by molar-refractivity contribution is 6.05. The minimum absolute atomic E-state index is 0.0542. The van der Waals surface area contributed by atoms with Crippen molar-refractivity contribution < 1.29 is 9.53 Å². The van der Waals surface area contributed by atoms with E-state index < -0.39 is 0 Å². The van der Waals surface area contributed by atoms with E-state index in [0.29, 0.717) is 0 Å². The smallest absolute Gasteiger partial charge is 0.182 e. The van der Waals surface area contributed by atoms with Crippen LogP contribution >= 0.6 is 0 Å². The molecule has 1 N–H and O–H groups in total. The van der Waals surface area contributed by atoms with E-state index in [1.807, 2.05) is 20.8 Å². The summed E-state index contributed by atoms with van der Waals surface area (Å²) >= 11 is 0. The summed E-state index contributed by atoms with van der Waals surface area (Å²) in [6, 6.07) is 4.19. The molecule has 3 heteroatoms. The molecule has 20 heavy (non-hydrogen) atoms. The summed E-state index contributed by atoms with van der Waals surface area (Å²) in [7, 11) is 0. The largest absolute Gasteiger partial charge is 0.493 e. The van der Waals surface area contributed by atoms with Gasteiger partial charge in [-0.1, -0.05) is 19.9 Å². The van der Waals surface area contributed by atoms with E-state index in [-0.39, 0.29) is 11.7 Å². The molecule has 2 heterocycles. The number of carbonyl (C=O) groups excluding carboxylic acids is 1. The van der Waals surface area contributed by atoms with Gasteiger partial charge in [0, 0.05) is 16.8 Å². The molecule has 0 radical (unpaired) electrons. The monoisotopic (exact) mass is 271 g/mol. The summed E-state index contributed by atoms with van der Waals surface area (Å²) in [6.07, 6.45) is 2.99. The fourth-order valence-electron chi connectivity index (χ4n) is 2.93. The topological polar surface area (TPSA) is 42.1 Å². The average molecular weight is 271 g/mol. The Hall–Kier alpha value is -1.77. The van der Waals surface area contributed by atoms with Crippen LogP contribution in [0.2, 0.25) is 0 Å². The summed E-state index contributed by atoms with van der Waals surface area (Å²) in [6.45, 7) is 6.82. The van der Waals surface area contributed by atoms with Gasteiger partial charge in [0.15, 0.2) is 5.78 Å². The molecule has 0 saturated carbocycles. The van der Waals surface area contributed by atoms with Crippen molar-refractivity contribution in [3.05, 3.63) is 29.0 Å². The van der Waals surface area contributed by atoms with Gasteiger partial charge in [-0.25, -0.2) is 0 Å². The second-order valence-electron chi connectivity index (χ2n) is 5.73. The third-order valence-electron chi connectivity index (χ3n) is 4.39. The number of Topliss-reactive ketones (excluding diaryl/α,β-unsaturated/α-hetero) is 1. The van der Waals surface area contributed by atoms with E-state index >= 15 is 0 Å². The van der Waals surface area contributed by atoms with Crippen LogP contribution in [0.3, 0.4) is 0 Å². The number of benzene rings is 1. The van der Waals surface area contributed by atoms with Crippen molar-refractivity contribution in [3.8, 4) is 5.75 Å². The molecule has 0 amide bonds. The molecule has 0 spiro atoms. The summed E-state index contributed by atoms with van der Waals surface area (Å²) in [5.74, 6) is 1.23. The number of carbonyl (C=O) groups is 1. The van der Waals surface area contributed by atoms with Gasteiger partial charge in [0.05, 0.1) is 12.3 Å². The van der Waals surface area contributed by atoms with Gasteiger partial charge >= 0.3 is 0 Å². The number of ether oxygens (including phenoxy) is 1. The highest BCUT2D eigenvalue weighted by atomic mass is 16.5. The minimum Gasteiger partial charge on any atom is -0.493 e. The summed E-state index contributed by atoms with van der Waals surface area (Å²) in [4.78, 5) is 15.8. The fraction of sp³-hybridized carbons (Fsp3) is 0.471. The molecule has 1 unspecified atom stereocenters. The molecule has 0 aliphatic carbocycles. The number of ketones is 1. The molecule has 1 aromatic heterocycles. The Morgan fingerprint density at radius 1 is 1.45 bits per heavy atom. The normalized spacial score (nSPS) is 15.8. The Balaban J connectivity index is 2.18. The Kier molecular flexibility index (Phi) is 3.28. The Morgan fingerprint density at radius 3 is 3.00 bits per heavy atom. The van der Waals surface area contributed by atoms with Gasteiger partial charge < -0.3 is 9.72 Å². The zero-order valence-electron chi connectivity index (χ0n) is 12.4. The number of hydrogen-bond acceptors (Lipinski definition) is 2. The molecule has 0 fully saturated rings. The van der Waals surface area contributed by atoms with Crippen LogP contribution in [-0.4, -0.2) is 17.4 Å². The van der Waals surface area contributed by atoms with Crippen molar-refractivity contribution in [3.63, 3.8) is 0 Å². The van der Waals surface area contributed by atoms with E-state index in [9.17, 15) is 4.79 Å². The molecule has 0 bridgehead atoms. The predicted octanol–water partition coefficient (Wildman–Crippen LogP) is 4.03. The van der Waals surface area contributed by atoms with Gasteiger partial charge in [-0.15, -0.1) is 0 Å². The van der Waals surface area contributed by atoms with Gasteiger partial charge in [-0.3, -0.25) is 4.79 Å². The summed E-state index contributed by atoms with van der Waals surface area (Å²) < 4.78 is 5.87. The van der Waals surface area contributed by atoms with E-state index in [1.165, 1.54) is 5.56 Å². The van der Waals surface area contributed by atoms with Crippen LogP contribution in [0, 0.1) is 12.8 Å². The van der Waals surface area contributed by atoms with E-state index in [4.69, 9.17) is 4.74 Å². The molecule has 1 aromatic carbocycles. The lowest BCUT2D eigenvalue weighted by atomic mass is 9.97. The molecule has 0 saturated heterocycles. The lowest BCUT2D eigenvalue weighted by Crippen LogP contribution is -2.11. The van der Waals surface area contributed by atoms with Gasteiger partial charge in [0.25, 0.3) is 0 Å². The standard InChI is InChI=1S/C17H21NO2/c1-4-10(2)16(19)15-11(3)14-13(18-15)8-7-12-6-5-9-20-17(12)14/h7-8,10,18H,4-6,9H2,1-3H3. The van der Waals surface area contributed by atoms with Crippen LogP contribution in [0.4, 0.5) is 0 Å². The zero-order valence-corrected chi connectivity index (χ0v) is 12.4. The number of H-pyrrole nitrogens is 1. The van der Waals surface area contributed by atoms with Crippen molar-refractivity contribution in [2.75, 3.05) is 6.61 Å². The Labute approximate surface area is 119 Å². The number of aromatic amines is 1. The SMILES string of the molecule is CCC(C)C(=O)c1[nH]c2ccc3c(c2c1C)OCCC3. The lowest BCUT2D eigenvalue weighted by Gasteiger charge is -2.18. The number of rotatable bonds is 3. The molecule has 106 valence electrons. The van der Waals surface area contributed by atoms with Crippen molar-refractivity contribution in [1.82, 2.24) is 4.98 Å². The maximum absolute atomic E-state index is 12.5. The molecular formula is C17H21NO2. The van der Waals surface area contributed by atoms with Crippen LogP contribution in [0.5, 0.6) is 5.75 Å². The maximum atomic E-state index is 12.5. The number of hydrogen-bond donors (Lipinski definition) is 1. The summed E-state index contributed by atoms with van der Waals surface area (Å²) in [5, 5.41) is 1.09. The van der Waals surface area contributed by atoms with Crippen LogP contribution in [-0.2, 0) is 6.42 Å². The van der Waals surface area contributed by atoms with Gasteiger partial charge in [-0.2, -0.15) is 0 Å². The van der Waals surface area contributed by atoms with Gasteiger partial charge in [0.2, 0.25) is 0 Å². The first-order valence-corrected chi connectivity index (χ1v) is 7.44. The summed E-state index contributed by atoms with van der Waals surface area (Å²) in [5.41, 5.74) is 4.05. The van der Waals surface area contributed by atoms with Crippen molar-refractivity contribution >= 4 is 16.7 Å². The maximum Gasteiger partial charge on any atom is 0.182 e. The number of aryl methyl sites for hydroxylation is 2. The minimum atomic E-state index is 0.0542. The Morgan fingerprint density at radius 2 is 2.25 bits per heavy atom. The second-order valence-corrected chi connectivity index (χ2v) is 5.73. The first-order chi connectivity index (χ1) is 9.63. The highest BCUT2D eigenvalue weighted by Crippen LogP contribution is 2.37. The van der Waals surface area contributed by atoms with E-state index in [0.717, 1.165) is 53.8 Å². The zero-order chi connectivity index (χ0) is 14.3. The van der Waals surface area contributed by atoms with Crippen LogP contribution in [0.15, 0.2) is 12.1 Å². The van der Waals surface area contributed by atoms with Crippen LogP contribution in [0.1, 0.15) is 48.3 Å². The van der Waals surface area contributed by atoms with Gasteiger partial charge in [-0.05, 0) is 43.4 Å². The van der Waals surface area contributed by atoms with Crippen LogP contribution < -0.4 is 4.74 Å². The highest BCUT2D eigenvalue weighted by Gasteiger charge is 2.23. The molecule has 1 aliphatic rings. The fourth-order valence-corrected chi connectivity index (χ4v) is 2.93.